The summed E-state index contributed by atoms with van der Waals surface area (Å²) in [5.41, 5.74) is 6.52. The van der Waals surface area contributed by atoms with Crippen LogP contribution < -0.4 is 11.1 Å². The van der Waals surface area contributed by atoms with Gasteiger partial charge in [-0.2, -0.15) is 13.2 Å². The van der Waals surface area contributed by atoms with Gasteiger partial charge in [0.05, 0.1) is 0 Å². The minimum atomic E-state index is -4.87. The molecular formula is C10H10ClF3N2O. The molecule has 0 aromatic heterocycles. The smallest absolute Gasteiger partial charge is 0.344 e. The molecule has 1 aromatic rings. The van der Waals surface area contributed by atoms with Crippen molar-refractivity contribution in [2.24, 2.45) is 5.73 Å². The molecule has 0 aliphatic heterocycles. The Kier molecular flexibility index (Phi) is 4.36. The first-order valence-corrected chi connectivity index (χ1v) is 5.04. The van der Waals surface area contributed by atoms with Gasteiger partial charge in [-0.3, -0.25) is 4.79 Å². The van der Waals surface area contributed by atoms with E-state index in [9.17, 15) is 18.0 Å². The summed E-state index contributed by atoms with van der Waals surface area (Å²) in [6.45, 7) is -0.0393. The molecule has 0 fully saturated rings. The molecule has 1 aromatic carbocycles. The molecule has 7 heteroatoms. The molecule has 1 rings (SSSR count). The second-order valence-corrected chi connectivity index (χ2v) is 3.72. The molecule has 0 saturated carbocycles. The second-order valence-electron chi connectivity index (χ2n) is 3.31. The van der Waals surface area contributed by atoms with Crippen molar-refractivity contribution in [3.63, 3.8) is 0 Å². The number of carbonyl (C=O) groups is 1. The van der Waals surface area contributed by atoms with E-state index >= 15 is 0 Å². The normalized spacial score (nSPS) is 11.4. The van der Waals surface area contributed by atoms with Gasteiger partial charge < -0.3 is 11.1 Å². The number of hydrogen-bond acceptors (Lipinski definition) is 2. The van der Waals surface area contributed by atoms with E-state index in [0.29, 0.717) is 16.1 Å². The number of rotatable bonds is 3. The SMILES string of the molecule is NCc1cc(CNC(=O)C(F)(F)F)ccc1Cl. The summed E-state index contributed by atoms with van der Waals surface area (Å²) in [6.07, 6.45) is -4.87. The number of benzene rings is 1. The standard InChI is InChI=1S/C10H10ClF3N2O/c11-8-2-1-6(3-7(8)4-15)5-16-9(17)10(12,13)14/h1-3H,4-5,15H2,(H,16,17). The molecule has 0 unspecified atom stereocenters. The summed E-state index contributed by atoms with van der Waals surface area (Å²) in [7, 11) is 0. The fourth-order valence-electron chi connectivity index (χ4n) is 1.18. The van der Waals surface area contributed by atoms with E-state index in [4.69, 9.17) is 17.3 Å². The van der Waals surface area contributed by atoms with E-state index in [1.165, 1.54) is 12.1 Å². The fourth-order valence-corrected chi connectivity index (χ4v) is 1.37. The predicted molar refractivity (Wildman–Crippen MR) is 57.2 cm³/mol. The van der Waals surface area contributed by atoms with Gasteiger partial charge in [0, 0.05) is 18.1 Å². The van der Waals surface area contributed by atoms with Crippen LogP contribution in [-0.2, 0) is 17.9 Å². The van der Waals surface area contributed by atoms with Gasteiger partial charge in [-0.25, -0.2) is 0 Å². The van der Waals surface area contributed by atoms with Crippen molar-refractivity contribution in [2.75, 3.05) is 0 Å². The number of amides is 1. The zero-order chi connectivity index (χ0) is 13.1. The van der Waals surface area contributed by atoms with Crippen LogP contribution in [-0.4, -0.2) is 12.1 Å². The van der Waals surface area contributed by atoms with E-state index in [0.717, 1.165) is 0 Å². The van der Waals surface area contributed by atoms with Crippen molar-refractivity contribution >= 4 is 17.5 Å². The van der Waals surface area contributed by atoms with Gasteiger partial charge in [0.2, 0.25) is 0 Å². The van der Waals surface area contributed by atoms with Gasteiger partial charge in [0.1, 0.15) is 0 Å². The summed E-state index contributed by atoms with van der Waals surface area (Å²) in [5, 5.41) is 2.20. The summed E-state index contributed by atoms with van der Waals surface area (Å²) in [4.78, 5) is 10.6. The Balaban J connectivity index is 2.67. The molecule has 0 saturated heterocycles. The van der Waals surface area contributed by atoms with Crippen LogP contribution in [0.2, 0.25) is 5.02 Å². The quantitative estimate of drug-likeness (QED) is 0.879. The maximum atomic E-state index is 11.9. The molecule has 0 spiro atoms. The third-order valence-electron chi connectivity index (χ3n) is 2.04. The van der Waals surface area contributed by atoms with Crippen molar-refractivity contribution in [3.05, 3.63) is 34.3 Å². The molecule has 3 nitrogen and oxygen atoms in total. The number of carbonyl (C=O) groups excluding carboxylic acids is 1. The first-order valence-electron chi connectivity index (χ1n) is 4.67. The molecule has 0 heterocycles. The number of nitrogens with one attached hydrogen (secondary N) is 1. The number of nitrogens with two attached hydrogens (primary N) is 1. The highest BCUT2D eigenvalue weighted by molar-refractivity contribution is 6.31. The van der Waals surface area contributed by atoms with Crippen LogP contribution in [0.4, 0.5) is 13.2 Å². The van der Waals surface area contributed by atoms with Crippen molar-refractivity contribution in [1.82, 2.24) is 5.32 Å². The average Bonchev–Trinajstić information content (AvgIpc) is 2.26. The van der Waals surface area contributed by atoms with Crippen LogP contribution in [0.3, 0.4) is 0 Å². The molecule has 0 aliphatic rings. The molecule has 1 amide bonds. The van der Waals surface area contributed by atoms with Crippen LogP contribution in [0, 0.1) is 0 Å². The van der Waals surface area contributed by atoms with Crippen molar-refractivity contribution in [2.45, 2.75) is 19.3 Å². The molecule has 0 aliphatic carbocycles. The fraction of sp³-hybridized carbons (Fsp3) is 0.300. The van der Waals surface area contributed by atoms with Crippen LogP contribution in [0.1, 0.15) is 11.1 Å². The van der Waals surface area contributed by atoms with E-state index in [-0.39, 0.29) is 13.1 Å². The Morgan fingerprint density at radius 1 is 1.41 bits per heavy atom. The Labute approximate surface area is 101 Å². The third-order valence-corrected chi connectivity index (χ3v) is 2.41. The number of alkyl halides is 3. The maximum Gasteiger partial charge on any atom is 0.471 e. The van der Waals surface area contributed by atoms with Gasteiger partial charge in [-0.15, -0.1) is 0 Å². The highest BCUT2D eigenvalue weighted by Gasteiger charge is 2.38. The first kappa shape index (κ1) is 13.8. The van der Waals surface area contributed by atoms with Gasteiger partial charge in [0.25, 0.3) is 0 Å². The molecule has 0 bridgehead atoms. The molecule has 0 atom stereocenters. The van der Waals surface area contributed by atoms with Crippen molar-refractivity contribution in [3.8, 4) is 0 Å². The van der Waals surface area contributed by atoms with Gasteiger partial charge in [-0.1, -0.05) is 23.7 Å². The molecule has 17 heavy (non-hydrogen) atoms. The van der Waals surface area contributed by atoms with Crippen molar-refractivity contribution in [1.29, 1.82) is 0 Å². The van der Waals surface area contributed by atoms with E-state index in [1.807, 2.05) is 0 Å². The molecule has 94 valence electrons. The zero-order valence-electron chi connectivity index (χ0n) is 8.64. The van der Waals surface area contributed by atoms with Crippen LogP contribution >= 0.6 is 11.6 Å². The molecular weight excluding hydrogens is 257 g/mol. The largest absolute Gasteiger partial charge is 0.471 e. The summed E-state index contributed by atoms with van der Waals surface area (Å²) in [5.74, 6) is -1.97. The summed E-state index contributed by atoms with van der Waals surface area (Å²) in [6, 6.07) is 4.61. The highest BCUT2D eigenvalue weighted by Crippen LogP contribution is 2.18. The van der Waals surface area contributed by atoms with Crippen molar-refractivity contribution < 1.29 is 18.0 Å². The van der Waals surface area contributed by atoms with E-state index in [1.54, 1.807) is 11.4 Å². The predicted octanol–water partition coefficient (Wildman–Crippen LogP) is 1.98. The first-order chi connectivity index (χ1) is 7.84. The average molecular weight is 267 g/mol. The number of hydrogen-bond donors (Lipinski definition) is 2. The zero-order valence-corrected chi connectivity index (χ0v) is 9.40. The second kappa shape index (κ2) is 5.37. The lowest BCUT2D eigenvalue weighted by Crippen LogP contribution is -2.36. The number of halogens is 4. The van der Waals surface area contributed by atoms with Gasteiger partial charge in [0.15, 0.2) is 0 Å². The van der Waals surface area contributed by atoms with Gasteiger partial charge >= 0.3 is 12.1 Å². The monoisotopic (exact) mass is 266 g/mol. The molecule has 0 radical (unpaired) electrons. The maximum absolute atomic E-state index is 11.9. The van der Waals surface area contributed by atoms with Gasteiger partial charge in [-0.05, 0) is 17.2 Å². The highest BCUT2D eigenvalue weighted by atomic mass is 35.5. The summed E-state index contributed by atoms with van der Waals surface area (Å²) < 4.78 is 35.7. The van der Waals surface area contributed by atoms with Crippen LogP contribution in [0.25, 0.3) is 0 Å². The van der Waals surface area contributed by atoms with E-state index < -0.39 is 12.1 Å². The lowest BCUT2D eigenvalue weighted by atomic mass is 10.1. The minimum Gasteiger partial charge on any atom is -0.344 e. The Morgan fingerprint density at radius 2 is 2.06 bits per heavy atom. The third kappa shape index (κ3) is 3.90. The lowest BCUT2D eigenvalue weighted by molar-refractivity contribution is -0.173. The van der Waals surface area contributed by atoms with E-state index in [2.05, 4.69) is 0 Å². The Hall–Kier alpha value is -1.27. The molecule has 3 N–H and O–H groups in total. The lowest BCUT2D eigenvalue weighted by Gasteiger charge is -2.09. The van der Waals surface area contributed by atoms with Crippen LogP contribution in [0.15, 0.2) is 18.2 Å². The summed E-state index contributed by atoms with van der Waals surface area (Å²) >= 11 is 5.78. The van der Waals surface area contributed by atoms with Crippen LogP contribution in [0.5, 0.6) is 0 Å². The Bertz CT molecular complexity index is 421. The topological polar surface area (TPSA) is 55.1 Å². The Morgan fingerprint density at radius 3 is 2.59 bits per heavy atom. The minimum absolute atomic E-state index is 0.180.